The van der Waals surface area contributed by atoms with Crippen LogP contribution in [0.4, 0.5) is 10.5 Å². The second kappa shape index (κ2) is 7.17. The van der Waals surface area contributed by atoms with Crippen LogP contribution in [-0.2, 0) is 9.53 Å². The molecule has 0 aliphatic rings. The lowest BCUT2D eigenvalue weighted by molar-refractivity contribution is -0.140. The number of amides is 2. The second-order valence-corrected chi connectivity index (χ2v) is 3.53. The highest BCUT2D eigenvalue weighted by atomic mass is 16.5. The molecule has 1 atom stereocenters. The number of carboxylic acid groups (broad SMARTS) is 1. The summed E-state index contributed by atoms with van der Waals surface area (Å²) in [6.45, 7) is -0.121. The number of pyridine rings is 1. The molecule has 0 saturated heterocycles. The van der Waals surface area contributed by atoms with E-state index in [9.17, 15) is 9.59 Å². The van der Waals surface area contributed by atoms with Crippen LogP contribution in [0.2, 0.25) is 0 Å². The van der Waals surface area contributed by atoms with Gasteiger partial charge in [-0.2, -0.15) is 0 Å². The number of rotatable bonds is 6. The van der Waals surface area contributed by atoms with Gasteiger partial charge in [0.05, 0.1) is 25.6 Å². The van der Waals surface area contributed by atoms with Crippen LogP contribution in [0.5, 0.6) is 5.88 Å². The third-order valence-corrected chi connectivity index (χ3v) is 2.14. The van der Waals surface area contributed by atoms with E-state index in [1.165, 1.54) is 20.4 Å². The molecule has 8 heteroatoms. The molecule has 0 bridgehead atoms. The molecule has 1 unspecified atom stereocenters. The topological polar surface area (TPSA) is 110 Å². The molecule has 0 aromatic carbocycles. The number of carboxylic acids is 1. The van der Waals surface area contributed by atoms with E-state index in [4.69, 9.17) is 14.6 Å². The fourth-order valence-electron chi connectivity index (χ4n) is 1.24. The maximum atomic E-state index is 11.6. The highest BCUT2D eigenvalue weighted by Crippen LogP contribution is 2.10. The highest BCUT2D eigenvalue weighted by Gasteiger charge is 2.19. The standard InChI is InChI=1S/C11H15N3O5/c1-18-6-8(10(15)16)14-11(17)13-7-3-4-9(19-2)12-5-7/h3-5,8H,6H2,1-2H3,(H,15,16)(H2,13,14,17). The molecule has 0 fully saturated rings. The van der Waals surface area contributed by atoms with E-state index in [1.54, 1.807) is 12.1 Å². The Morgan fingerprint density at radius 3 is 2.63 bits per heavy atom. The quantitative estimate of drug-likeness (QED) is 0.685. The summed E-state index contributed by atoms with van der Waals surface area (Å²) in [6.07, 6.45) is 1.39. The van der Waals surface area contributed by atoms with Crippen LogP contribution in [0.15, 0.2) is 18.3 Å². The Kier molecular flexibility index (Phi) is 5.55. The lowest BCUT2D eigenvalue weighted by Gasteiger charge is -2.14. The minimum absolute atomic E-state index is 0.121. The van der Waals surface area contributed by atoms with E-state index in [1.807, 2.05) is 0 Å². The highest BCUT2D eigenvalue weighted by molar-refractivity contribution is 5.92. The number of hydrogen-bond acceptors (Lipinski definition) is 5. The molecule has 1 heterocycles. The zero-order valence-corrected chi connectivity index (χ0v) is 10.5. The monoisotopic (exact) mass is 269 g/mol. The number of anilines is 1. The van der Waals surface area contributed by atoms with E-state index in [-0.39, 0.29) is 6.61 Å². The fourth-order valence-corrected chi connectivity index (χ4v) is 1.24. The normalized spacial score (nSPS) is 11.5. The van der Waals surface area contributed by atoms with Crippen molar-refractivity contribution in [2.24, 2.45) is 0 Å². The lowest BCUT2D eigenvalue weighted by Crippen LogP contribution is -2.45. The van der Waals surface area contributed by atoms with Crippen LogP contribution in [0.1, 0.15) is 0 Å². The molecule has 8 nitrogen and oxygen atoms in total. The summed E-state index contributed by atoms with van der Waals surface area (Å²) in [7, 11) is 2.83. The number of aliphatic carboxylic acids is 1. The number of nitrogens with zero attached hydrogens (tertiary/aromatic N) is 1. The number of carbonyl (C=O) groups is 2. The smallest absolute Gasteiger partial charge is 0.328 e. The van der Waals surface area contributed by atoms with Gasteiger partial charge in [-0.05, 0) is 6.07 Å². The maximum Gasteiger partial charge on any atom is 0.328 e. The van der Waals surface area contributed by atoms with Crippen LogP contribution < -0.4 is 15.4 Å². The average molecular weight is 269 g/mol. The molecule has 1 aromatic heterocycles. The summed E-state index contributed by atoms with van der Waals surface area (Å²) >= 11 is 0. The van der Waals surface area contributed by atoms with Crippen molar-refractivity contribution in [2.45, 2.75) is 6.04 Å². The predicted octanol–water partition coefficient (Wildman–Crippen LogP) is 0.311. The summed E-state index contributed by atoms with van der Waals surface area (Å²) in [5.74, 6) is -0.765. The second-order valence-electron chi connectivity index (χ2n) is 3.53. The number of carbonyl (C=O) groups excluding carboxylic acids is 1. The zero-order chi connectivity index (χ0) is 14.3. The molecule has 0 radical (unpaired) electrons. The lowest BCUT2D eigenvalue weighted by atomic mass is 10.3. The van der Waals surface area contributed by atoms with Gasteiger partial charge >= 0.3 is 12.0 Å². The average Bonchev–Trinajstić information content (AvgIpc) is 2.39. The van der Waals surface area contributed by atoms with Crippen molar-refractivity contribution in [1.82, 2.24) is 10.3 Å². The summed E-state index contributed by atoms with van der Waals surface area (Å²) in [6, 6.07) is 1.38. The molecule has 0 saturated carbocycles. The molecule has 19 heavy (non-hydrogen) atoms. The van der Waals surface area contributed by atoms with Crippen molar-refractivity contribution in [3.05, 3.63) is 18.3 Å². The molecular weight excluding hydrogens is 254 g/mol. The Bertz CT molecular complexity index is 434. The summed E-state index contributed by atoms with van der Waals surface area (Å²) in [5.41, 5.74) is 0.417. The van der Waals surface area contributed by atoms with E-state index in [0.29, 0.717) is 11.6 Å². The molecule has 104 valence electrons. The third kappa shape index (κ3) is 4.80. The Morgan fingerprint density at radius 1 is 1.42 bits per heavy atom. The van der Waals surface area contributed by atoms with Gasteiger partial charge in [0.1, 0.15) is 0 Å². The van der Waals surface area contributed by atoms with Gasteiger partial charge in [-0.25, -0.2) is 14.6 Å². The molecule has 0 aliphatic carbocycles. The molecule has 0 spiro atoms. The van der Waals surface area contributed by atoms with Crippen molar-refractivity contribution >= 4 is 17.7 Å². The van der Waals surface area contributed by atoms with Gasteiger partial charge in [-0.1, -0.05) is 0 Å². The van der Waals surface area contributed by atoms with Gasteiger partial charge in [0, 0.05) is 13.2 Å². The van der Waals surface area contributed by atoms with Crippen LogP contribution in [0, 0.1) is 0 Å². The first kappa shape index (κ1) is 14.7. The number of ether oxygens (including phenoxy) is 2. The number of urea groups is 1. The Balaban J connectivity index is 2.55. The summed E-state index contributed by atoms with van der Waals surface area (Å²) < 4.78 is 9.56. The number of nitrogens with one attached hydrogen (secondary N) is 2. The van der Waals surface area contributed by atoms with Crippen molar-refractivity contribution in [2.75, 3.05) is 26.1 Å². The SMILES string of the molecule is COCC(NC(=O)Nc1ccc(OC)nc1)C(=O)O. The summed E-state index contributed by atoms with van der Waals surface area (Å²) in [5, 5.41) is 13.5. The number of methoxy groups -OCH3 is 2. The van der Waals surface area contributed by atoms with Crippen LogP contribution >= 0.6 is 0 Å². The fraction of sp³-hybridized carbons (Fsp3) is 0.364. The largest absolute Gasteiger partial charge is 0.481 e. The van der Waals surface area contributed by atoms with Crippen LogP contribution in [-0.4, -0.2) is 49.0 Å². The van der Waals surface area contributed by atoms with Gasteiger partial charge in [0.2, 0.25) is 5.88 Å². The van der Waals surface area contributed by atoms with Gasteiger partial charge in [-0.3, -0.25) is 0 Å². The Hall–Kier alpha value is -2.35. The van der Waals surface area contributed by atoms with E-state index in [2.05, 4.69) is 15.6 Å². The van der Waals surface area contributed by atoms with E-state index < -0.39 is 18.0 Å². The molecule has 0 aliphatic heterocycles. The van der Waals surface area contributed by atoms with Crippen molar-refractivity contribution < 1.29 is 24.2 Å². The minimum atomic E-state index is -1.18. The number of hydrogen-bond donors (Lipinski definition) is 3. The van der Waals surface area contributed by atoms with Crippen LogP contribution in [0.3, 0.4) is 0 Å². The summed E-state index contributed by atoms with van der Waals surface area (Å²) in [4.78, 5) is 26.3. The van der Waals surface area contributed by atoms with Gasteiger partial charge in [0.25, 0.3) is 0 Å². The molecule has 1 aromatic rings. The number of aromatic nitrogens is 1. The Labute approximate surface area is 109 Å². The minimum Gasteiger partial charge on any atom is -0.481 e. The van der Waals surface area contributed by atoms with Crippen molar-refractivity contribution in [3.63, 3.8) is 0 Å². The van der Waals surface area contributed by atoms with Gasteiger partial charge in [-0.15, -0.1) is 0 Å². The first-order valence-electron chi connectivity index (χ1n) is 5.36. The molecule has 2 amide bonds. The van der Waals surface area contributed by atoms with Gasteiger partial charge < -0.3 is 25.2 Å². The first-order chi connectivity index (χ1) is 9.06. The molecule has 3 N–H and O–H groups in total. The predicted molar refractivity (Wildman–Crippen MR) is 66.2 cm³/mol. The third-order valence-electron chi connectivity index (χ3n) is 2.14. The molecule has 1 rings (SSSR count). The van der Waals surface area contributed by atoms with Crippen LogP contribution in [0.25, 0.3) is 0 Å². The molecular formula is C11H15N3O5. The van der Waals surface area contributed by atoms with Gasteiger partial charge in [0.15, 0.2) is 6.04 Å². The maximum absolute atomic E-state index is 11.6. The van der Waals surface area contributed by atoms with E-state index >= 15 is 0 Å². The Morgan fingerprint density at radius 2 is 2.16 bits per heavy atom. The first-order valence-corrected chi connectivity index (χ1v) is 5.36. The van der Waals surface area contributed by atoms with E-state index in [0.717, 1.165) is 0 Å². The zero-order valence-electron chi connectivity index (χ0n) is 10.5. The van der Waals surface area contributed by atoms with Crippen molar-refractivity contribution in [1.29, 1.82) is 0 Å². The van der Waals surface area contributed by atoms with Crippen molar-refractivity contribution in [3.8, 4) is 5.88 Å².